The van der Waals surface area contributed by atoms with Crippen molar-refractivity contribution in [3.63, 3.8) is 0 Å². The summed E-state index contributed by atoms with van der Waals surface area (Å²) in [5.74, 6) is 0. The number of aromatic nitrogens is 3. The zero-order valence-corrected chi connectivity index (χ0v) is 8.60. The molecule has 0 saturated heterocycles. The lowest BCUT2D eigenvalue weighted by Gasteiger charge is -1.96. The van der Waals surface area contributed by atoms with Gasteiger partial charge in [-0.05, 0) is 12.1 Å². The highest BCUT2D eigenvalue weighted by molar-refractivity contribution is 7.90. The minimum Gasteiger partial charge on any atom is -0.296 e. The molecule has 0 N–H and O–H groups in total. The van der Waals surface area contributed by atoms with E-state index >= 15 is 0 Å². The lowest BCUT2D eigenvalue weighted by atomic mass is 10.5. The Kier molecular flexibility index (Phi) is 2.04. The molecule has 0 spiro atoms. The Morgan fingerprint density at radius 3 is 2.73 bits per heavy atom. The van der Waals surface area contributed by atoms with Crippen molar-refractivity contribution in [3.05, 3.63) is 24.0 Å². The number of hydrogen-bond acceptors (Lipinski definition) is 5. The van der Waals surface area contributed by atoms with Gasteiger partial charge in [0.05, 0.1) is 6.20 Å². The van der Waals surface area contributed by atoms with Crippen LogP contribution in [0.25, 0.3) is 5.65 Å². The SMILES string of the molecule is CS(=O)(=O)c1ccc2nc(C=O)cn2n1. The Bertz CT molecular complexity index is 630. The molecule has 15 heavy (non-hydrogen) atoms. The molecule has 78 valence electrons. The fourth-order valence-electron chi connectivity index (χ4n) is 1.14. The molecular weight excluding hydrogens is 218 g/mol. The van der Waals surface area contributed by atoms with Crippen molar-refractivity contribution in [2.45, 2.75) is 5.03 Å². The van der Waals surface area contributed by atoms with E-state index in [1.54, 1.807) is 0 Å². The predicted octanol–water partition coefficient (Wildman–Crippen LogP) is -0.0547. The van der Waals surface area contributed by atoms with E-state index in [4.69, 9.17) is 0 Å². The van der Waals surface area contributed by atoms with E-state index in [0.29, 0.717) is 11.9 Å². The first-order valence-corrected chi connectivity index (χ1v) is 5.91. The normalized spacial score (nSPS) is 11.8. The summed E-state index contributed by atoms with van der Waals surface area (Å²) in [7, 11) is -3.34. The number of sulfone groups is 1. The molecular formula is C8H7N3O3S. The molecule has 2 rings (SSSR count). The fourth-order valence-corrected chi connectivity index (χ4v) is 1.69. The Balaban J connectivity index is 2.71. The third-order valence-electron chi connectivity index (χ3n) is 1.81. The molecule has 0 aliphatic carbocycles. The molecule has 0 atom stereocenters. The van der Waals surface area contributed by atoms with Crippen molar-refractivity contribution in [1.82, 2.24) is 14.6 Å². The first-order chi connectivity index (χ1) is 7.00. The molecule has 7 heteroatoms. The number of fused-ring (bicyclic) bond motifs is 1. The fraction of sp³-hybridized carbons (Fsp3) is 0.125. The second-order valence-electron chi connectivity index (χ2n) is 3.03. The molecule has 6 nitrogen and oxygen atoms in total. The third-order valence-corrected chi connectivity index (χ3v) is 2.79. The van der Waals surface area contributed by atoms with Crippen LogP contribution >= 0.6 is 0 Å². The number of hydrogen-bond donors (Lipinski definition) is 0. The van der Waals surface area contributed by atoms with E-state index in [9.17, 15) is 13.2 Å². The van der Waals surface area contributed by atoms with Gasteiger partial charge in [-0.15, -0.1) is 0 Å². The Hall–Kier alpha value is -1.76. The van der Waals surface area contributed by atoms with Gasteiger partial charge in [0.25, 0.3) is 0 Å². The van der Waals surface area contributed by atoms with Gasteiger partial charge in [0.1, 0.15) is 5.69 Å². The second-order valence-corrected chi connectivity index (χ2v) is 4.99. The summed E-state index contributed by atoms with van der Waals surface area (Å²) in [5, 5.41) is 3.77. The third kappa shape index (κ3) is 1.73. The van der Waals surface area contributed by atoms with Crippen LogP contribution in [0.5, 0.6) is 0 Å². The zero-order valence-electron chi connectivity index (χ0n) is 7.78. The number of carbonyl (C=O) groups is 1. The first kappa shape index (κ1) is 9.78. The quantitative estimate of drug-likeness (QED) is 0.669. The molecule has 0 radical (unpaired) electrons. The van der Waals surface area contributed by atoms with Crippen LogP contribution in [0.1, 0.15) is 10.5 Å². The molecule has 2 aromatic heterocycles. The summed E-state index contributed by atoms with van der Waals surface area (Å²) in [6.07, 6.45) is 3.02. The standard InChI is InChI=1S/C8H7N3O3S/c1-15(13,14)8-3-2-7-9-6(5-12)4-11(7)10-8/h2-5H,1H3. The summed E-state index contributed by atoms with van der Waals surface area (Å²) < 4.78 is 23.6. The molecule has 0 fully saturated rings. The minimum absolute atomic E-state index is 0.0511. The second kappa shape index (κ2) is 3.13. The number of carbonyl (C=O) groups excluding carboxylic acids is 1. The van der Waals surface area contributed by atoms with E-state index in [-0.39, 0.29) is 10.7 Å². The maximum atomic E-state index is 11.2. The molecule has 0 aromatic carbocycles. The van der Waals surface area contributed by atoms with Crippen LogP contribution < -0.4 is 0 Å². The van der Waals surface area contributed by atoms with Crippen LogP contribution in [-0.2, 0) is 9.84 Å². The summed E-state index contributed by atoms with van der Waals surface area (Å²) >= 11 is 0. The highest BCUT2D eigenvalue weighted by atomic mass is 32.2. The Morgan fingerprint density at radius 2 is 2.13 bits per heavy atom. The van der Waals surface area contributed by atoms with Gasteiger partial charge in [-0.2, -0.15) is 5.10 Å². The molecule has 0 bridgehead atoms. The highest BCUT2D eigenvalue weighted by Crippen LogP contribution is 2.07. The van der Waals surface area contributed by atoms with Crippen molar-refractivity contribution in [2.24, 2.45) is 0 Å². The van der Waals surface area contributed by atoms with Gasteiger partial charge >= 0.3 is 0 Å². The molecule has 0 saturated carbocycles. The summed E-state index contributed by atoms with van der Waals surface area (Å²) in [4.78, 5) is 14.3. The molecule has 2 heterocycles. The van der Waals surface area contributed by atoms with Gasteiger partial charge in [-0.1, -0.05) is 0 Å². The topological polar surface area (TPSA) is 81.4 Å². The largest absolute Gasteiger partial charge is 0.296 e. The molecule has 0 aliphatic rings. The van der Waals surface area contributed by atoms with Crippen molar-refractivity contribution in [1.29, 1.82) is 0 Å². The van der Waals surface area contributed by atoms with E-state index in [1.807, 2.05) is 0 Å². The maximum absolute atomic E-state index is 11.2. The number of imidazole rings is 1. The van der Waals surface area contributed by atoms with Crippen LogP contribution in [0.2, 0.25) is 0 Å². The average Bonchev–Trinajstić information content (AvgIpc) is 2.57. The van der Waals surface area contributed by atoms with Crippen LogP contribution in [0.15, 0.2) is 23.4 Å². The van der Waals surface area contributed by atoms with E-state index in [2.05, 4.69) is 10.1 Å². The van der Waals surface area contributed by atoms with Crippen molar-refractivity contribution < 1.29 is 13.2 Å². The van der Waals surface area contributed by atoms with E-state index in [1.165, 1.54) is 22.8 Å². The number of rotatable bonds is 2. The maximum Gasteiger partial charge on any atom is 0.194 e. The average molecular weight is 225 g/mol. The Morgan fingerprint density at radius 1 is 1.40 bits per heavy atom. The minimum atomic E-state index is -3.34. The molecule has 0 aliphatic heterocycles. The van der Waals surface area contributed by atoms with Crippen molar-refractivity contribution in [3.8, 4) is 0 Å². The number of aldehydes is 1. The van der Waals surface area contributed by atoms with Crippen LogP contribution in [0.4, 0.5) is 0 Å². The van der Waals surface area contributed by atoms with Crippen molar-refractivity contribution >= 4 is 21.8 Å². The Labute approximate surface area is 85.5 Å². The first-order valence-electron chi connectivity index (χ1n) is 4.02. The smallest absolute Gasteiger partial charge is 0.194 e. The zero-order chi connectivity index (χ0) is 11.1. The molecule has 0 amide bonds. The molecule has 0 unspecified atom stereocenters. The summed E-state index contributed by atoms with van der Waals surface area (Å²) in [6.45, 7) is 0. The summed E-state index contributed by atoms with van der Waals surface area (Å²) in [5.41, 5.74) is 0.651. The van der Waals surface area contributed by atoms with E-state index in [0.717, 1.165) is 6.26 Å². The van der Waals surface area contributed by atoms with Gasteiger partial charge < -0.3 is 0 Å². The van der Waals surface area contributed by atoms with Crippen LogP contribution in [0, 0.1) is 0 Å². The van der Waals surface area contributed by atoms with Gasteiger partial charge in [0.2, 0.25) is 0 Å². The van der Waals surface area contributed by atoms with Gasteiger partial charge in [-0.3, -0.25) is 4.79 Å². The molecule has 2 aromatic rings. The monoisotopic (exact) mass is 225 g/mol. The van der Waals surface area contributed by atoms with Crippen LogP contribution in [-0.4, -0.2) is 35.6 Å². The highest BCUT2D eigenvalue weighted by Gasteiger charge is 2.10. The predicted molar refractivity (Wildman–Crippen MR) is 51.5 cm³/mol. The van der Waals surface area contributed by atoms with Gasteiger partial charge in [-0.25, -0.2) is 17.9 Å². The lowest BCUT2D eigenvalue weighted by molar-refractivity contribution is 0.111. The lowest BCUT2D eigenvalue weighted by Crippen LogP contribution is -2.03. The van der Waals surface area contributed by atoms with E-state index < -0.39 is 9.84 Å². The summed E-state index contributed by atoms with van der Waals surface area (Å²) in [6, 6.07) is 2.85. The van der Waals surface area contributed by atoms with Crippen LogP contribution in [0.3, 0.4) is 0 Å². The van der Waals surface area contributed by atoms with Gasteiger partial charge in [0.15, 0.2) is 26.8 Å². The van der Waals surface area contributed by atoms with Crippen molar-refractivity contribution in [2.75, 3.05) is 6.26 Å². The number of nitrogens with zero attached hydrogens (tertiary/aromatic N) is 3. The van der Waals surface area contributed by atoms with Gasteiger partial charge in [0, 0.05) is 6.26 Å².